The van der Waals surface area contributed by atoms with E-state index in [2.05, 4.69) is 0 Å². The fourth-order valence-corrected chi connectivity index (χ4v) is 1.65. The summed E-state index contributed by atoms with van der Waals surface area (Å²) >= 11 is 0. The number of nitrogen functional groups attached to an aromatic ring is 1. The van der Waals surface area contributed by atoms with Gasteiger partial charge in [0.1, 0.15) is 0 Å². The smallest absolute Gasteiger partial charge is 0.250 e. The first kappa shape index (κ1) is 8.81. The van der Waals surface area contributed by atoms with Gasteiger partial charge in [0, 0.05) is 23.7 Å². The van der Waals surface area contributed by atoms with E-state index in [1.165, 1.54) is 0 Å². The first-order valence-corrected chi connectivity index (χ1v) is 4.61. The summed E-state index contributed by atoms with van der Waals surface area (Å²) in [6.07, 6.45) is 0. The number of aryl methyl sites for hydroxylation is 1. The van der Waals surface area contributed by atoms with E-state index >= 15 is 0 Å². The Hall–Kier alpha value is -1.77. The highest BCUT2D eigenvalue weighted by Gasteiger charge is 2.00. The molecular formula is C11H12N2O. The highest BCUT2D eigenvalue weighted by molar-refractivity contribution is 5.82. The Morgan fingerprint density at radius 1 is 1.29 bits per heavy atom. The van der Waals surface area contributed by atoms with Gasteiger partial charge < -0.3 is 10.3 Å². The molecule has 0 atom stereocenters. The van der Waals surface area contributed by atoms with Crippen molar-refractivity contribution in [2.24, 2.45) is 0 Å². The molecule has 0 saturated heterocycles. The van der Waals surface area contributed by atoms with E-state index in [1.54, 1.807) is 16.7 Å². The summed E-state index contributed by atoms with van der Waals surface area (Å²) in [4.78, 5) is 11.5. The molecule has 1 aromatic carbocycles. The average Bonchev–Trinajstić information content (AvgIpc) is 2.18. The van der Waals surface area contributed by atoms with Gasteiger partial charge in [-0.05, 0) is 31.2 Å². The quantitative estimate of drug-likeness (QED) is 0.691. The normalized spacial score (nSPS) is 10.6. The number of benzene rings is 1. The van der Waals surface area contributed by atoms with Crippen molar-refractivity contribution in [2.75, 3.05) is 5.73 Å². The molecule has 0 aliphatic rings. The molecule has 0 fully saturated rings. The fourth-order valence-electron chi connectivity index (χ4n) is 1.65. The second-order valence-electron chi connectivity index (χ2n) is 3.23. The molecule has 0 unspecified atom stereocenters. The maximum atomic E-state index is 11.5. The Morgan fingerprint density at radius 3 is 2.79 bits per heavy atom. The molecule has 0 spiro atoms. The van der Waals surface area contributed by atoms with Gasteiger partial charge in [0.05, 0.1) is 5.52 Å². The maximum Gasteiger partial charge on any atom is 0.250 e. The van der Waals surface area contributed by atoms with E-state index < -0.39 is 0 Å². The molecule has 0 amide bonds. The summed E-state index contributed by atoms with van der Waals surface area (Å²) in [5, 5.41) is 1.01. The van der Waals surface area contributed by atoms with E-state index in [4.69, 9.17) is 5.73 Å². The van der Waals surface area contributed by atoms with E-state index in [1.807, 2.05) is 25.1 Å². The molecule has 0 aliphatic heterocycles. The molecule has 1 aromatic heterocycles. The minimum atomic E-state index is 0.0322. The topological polar surface area (TPSA) is 48.0 Å². The first-order valence-electron chi connectivity index (χ1n) is 4.61. The zero-order valence-corrected chi connectivity index (χ0v) is 8.03. The number of nitrogens with zero attached hydrogens (tertiary/aromatic N) is 1. The van der Waals surface area contributed by atoms with Crippen LogP contribution >= 0.6 is 0 Å². The summed E-state index contributed by atoms with van der Waals surface area (Å²) in [5.41, 5.74) is 7.36. The third kappa shape index (κ3) is 1.27. The lowest BCUT2D eigenvalue weighted by Gasteiger charge is -2.07. The van der Waals surface area contributed by atoms with E-state index in [-0.39, 0.29) is 5.56 Å². The molecule has 0 saturated carbocycles. The molecular weight excluding hydrogens is 176 g/mol. The van der Waals surface area contributed by atoms with Crippen LogP contribution in [0.1, 0.15) is 6.92 Å². The predicted molar refractivity (Wildman–Crippen MR) is 58.3 cm³/mol. The SMILES string of the molecule is CCn1c(=O)ccc2cc(N)ccc21. The molecule has 0 bridgehead atoms. The summed E-state index contributed by atoms with van der Waals surface area (Å²) in [7, 11) is 0. The third-order valence-corrected chi connectivity index (χ3v) is 2.33. The monoisotopic (exact) mass is 188 g/mol. The van der Waals surface area contributed by atoms with Crippen molar-refractivity contribution in [3.63, 3.8) is 0 Å². The summed E-state index contributed by atoms with van der Waals surface area (Å²) in [6.45, 7) is 2.64. The molecule has 2 aromatic rings. The van der Waals surface area contributed by atoms with Gasteiger partial charge in [-0.15, -0.1) is 0 Å². The van der Waals surface area contributed by atoms with E-state index in [0.717, 1.165) is 16.6 Å². The number of pyridine rings is 1. The fraction of sp³-hybridized carbons (Fsp3) is 0.182. The van der Waals surface area contributed by atoms with Crippen molar-refractivity contribution < 1.29 is 0 Å². The van der Waals surface area contributed by atoms with Crippen molar-refractivity contribution in [2.45, 2.75) is 13.5 Å². The van der Waals surface area contributed by atoms with Crippen LogP contribution in [0.4, 0.5) is 5.69 Å². The number of hydrogen-bond acceptors (Lipinski definition) is 2. The van der Waals surface area contributed by atoms with E-state index in [0.29, 0.717) is 6.54 Å². The maximum absolute atomic E-state index is 11.5. The molecule has 0 aliphatic carbocycles. The van der Waals surface area contributed by atoms with Crippen LogP contribution in [-0.4, -0.2) is 4.57 Å². The summed E-state index contributed by atoms with van der Waals surface area (Å²) < 4.78 is 1.73. The predicted octanol–water partition coefficient (Wildman–Crippen LogP) is 1.60. The highest BCUT2D eigenvalue weighted by atomic mass is 16.1. The van der Waals surface area contributed by atoms with Gasteiger partial charge in [-0.25, -0.2) is 0 Å². The number of aromatic nitrogens is 1. The number of fused-ring (bicyclic) bond motifs is 1. The molecule has 14 heavy (non-hydrogen) atoms. The molecule has 2 rings (SSSR count). The second kappa shape index (κ2) is 3.18. The van der Waals surface area contributed by atoms with Crippen LogP contribution in [0, 0.1) is 0 Å². The Morgan fingerprint density at radius 2 is 2.07 bits per heavy atom. The largest absolute Gasteiger partial charge is 0.399 e. The minimum Gasteiger partial charge on any atom is -0.399 e. The lowest BCUT2D eigenvalue weighted by molar-refractivity contribution is 0.760. The number of rotatable bonds is 1. The van der Waals surface area contributed by atoms with Crippen LogP contribution in [0.15, 0.2) is 35.1 Å². The van der Waals surface area contributed by atoms with E-state index in [9.17, 15) is 4.79 Å². The number of anilines is 1. The molecule has 72 valence electrons. The molecule has 0 radical (unpaired) electrons. The van der Waals surface area contributed by atoms with Crippen LogP contribution in [0.3, 0.4) is 0 Å². The lowest BCUT2D eigenvalue weighted by atomic mass is 10.2. The van der Waals surface area contributed by atoms with Gasteiger partial charge in [0.25, 0.3) is 5.56 Å². The minimum absolute atomic E-state index is 0.0322. The standard InChI is InChI=1S/C11H12N2O/c1-2-13-10-5-4-9(12)7-8(10)3-6-11(13)14/h3-7H,2,12H2,1H3. The zero-order chi connectivity index (χ0) is 10.1. The highest BCUT2D eigenvalue weighted by Crippen LogP contribution is 2.15. The van der Waals surface area contributed by atoms with Crippen LogP contribution in [0.5, 0.6) is 0 Å². The Labute approximate surface area is 81.8 Å². The van der Waals surface area contributed by atoms with Crippen molar-refractivity contribution in [3.8, 4) is 0 Å². The first-order chi connectivity index (χ1) is 6.72. The average molecular weight is 188 g/mol. The molecule has 1 heterocycles. The van der Waals surface area contributed by atoms with Gasteiger partial charge >= 0.3 is 0 Å². The van der Waals surface area contributed by atoms with Crippen LogP contribution in [0.2, 0.25) is 0 Å². The van der Waals surface area contributed by atoms with Gasteiger partial charge in [0.15, 0.2) is 0 Å². The molecule has 3 nitrogen and oxygen atoms in total. The van der Waals surface area contributed by atoms with Crippen LogP contribution in [-0.2, 0) is 6.54 Å². The molecule has 3 heteroatoms. The Kier molecular flexibility index (Phi) is 2.00. The van der Waals surface area contributed by atoms with Crippen molar-refractivity contribution in [3.05, 3.63) is 40.7 Å². The van der Waals surface area contributed by atoms with Crippen molar-refractivity contribution >= 4 is 16.6 Å². The van der Waals surface area contributed by atoms with Gasteiger partial charge in [0.2, 0.25) is 0 Å². The van der Waals surface area contributed by atoms with Crippen LogP contribution < -0.4 is 11.3 Å². The molecule has 2 N–H and O–H groups in total. The van der Waals surface area contributed by atoms with Gasteiger partial charge in [-0.1, -0.05) is 0 Å². The summed E-state index contributed by atoms with van der Waals surface area (Å²) in [5.74, 6) is 0. The van der Waals surface area contributed by atoms with Crippen LogP contribution in [0.25, 0.3) is 10.9 Å². The Bertz CT molecular complexity index is 528. The van der Waals surface area contributed by atoms with Crippen molar-refractivity contribution in [1.82, 2.24) is 4.57 Å². The zero-order valence-electron chi connectivity index (χ0n) is 8.03. The number of nitrogens with two attached hydrogens (primary N) is 1. The third-order valence-electron chi connectivity index (χ3n) is 2.33. The lowest BCUT2D eigenvalue weighted by Crippen LogP contribution is -2.17. The van der Waals surface area contributed by atoms with Crippen molar-refractivity contribution in [1.29, 1.82) is 0 Å². The second-order valence-corrected chi connectivity index (χ2v) is 3.23. The van der Waals surface area contributed by atoms with Gasteiger partial charge in [-0.3, -0.25) is 4.79 Å². The van der Waals surface area contributed by atoms with Gasteiger partial charge in [-0.2, -0.15) is 0 Å². The number of hydrogen-bond donors (Lipinski definition) is 1. The summed E-state index contributed by atoms with van der Waals surface area (Å²) in [6, 6.07) is 8.95. The Balaban J connectivity index is 2.89.